The normalized spacial score (nSPS) is 16.5. The molecule has 0 saturated heterocycles. The van der Waals surface area contributed by atoms with Gasteiger partial charge in [0, 0.05) is 13.0 Å². The molecule has 2 amide bonds. The van der Waals surface area contributed by atoms with Gasteiger partial charge in [0.1, 0.15) is 11.8 Å². The van der Waals surface area contributed by atoms with E-state index in [1.807, 2.05) is 6.07 Å². The number of nitrogens with zero attached hydrogens (tertiary/aromatic N) is 2. The molecule has 0 aromatic carbocycles. The summed E-state index contributed by atoms with van der Waals surface area (Å²) in [5.41, 5.74) is 10.9. The van der Waals surface area contributed by atoms with Gasteiger partial charge in [0.15, 0.2) is 0 Å². The number of nitrogens with two attached hydrogens (primary N) is 2. The van der Waals surface area contributed by atoms with Crippen LogP contribution in [0.4, 0.5) is 0 Å². The Bertz CT molecular complexity index is 370. The number of primary amides is 1. The molecule has 0 aromatic rings. The van der Waals surface area contributed by atoms with Crippen molar-refractivity contribution < 1.29 is 9.59 Å². The number of allylic oxidation sites excluding steroid dienone is 1. The number of hydrogen-bond donors (Lipinski definition) is 2. The number of amides is 2. The van der Waals surface area contributed by atoms with Gasteiger partial charge in [0.05, 0.1) is 6.04 Å². The van der Waals surface area contributed by atoms with Gasteiger partial charge in [-0.3, -0.25) is 9.59 Å². The smallest absolute Gasteiger partial charge is 0.244 e. The Labute approximate surface area is 93.5 Å². The molecule has 0 bridgehead atoms. The highest BCUT2D eigenvalue weighted by Gasteiger charge is 2.26. The predicted octanol–water partition coefficient (Wildman–Crippen LogP) is -0.781. The lowest BCUT2D eigenvalue weighted by Crippen LogP contribution is -2.42. The molecule has 0 unspecified atom stereocenters. The molecule has 0 radical (unpaired) electrons. The highest BCUT2D eigenvalue weighted by atomic mass is 16.2. The van der Waals surface area contributed by atoms with Crippen LogP contribution in [0.1, 0.15) is 19.3 Å². The third kappa shape index (κ3) is 2.81. The van der Waals surface area contributed by atoms with Gasteiger partial charge in [-0.1, -0.05) is 0 Å². The van der Waals surface area contributed by atoms with Gasteiger partial charge in [-0.2, -0.15) is 5.26 Å². The third-order valence-electron chi connectivity index (χ3n) is 2.38. The lowest BCUT2D eigenvalue weighted by molar-refractivity contribution is -0.130. The van der Waals surface area contributed by atoms with Gasteiger partial charge < -0.3 is 16.4 Å². The quantitative estimate of drug-likeness (QED) is 0.649. The van der Waals surface area contributed by atoms with Gasteiger partial charge in [-0.15, -0.1) is 0 Å². The maximum absolute atomic E-state index is 11.8. The summed E-state index contributed by atoms with van der Waals surface area (Å²) in [5.74, 6) is -0.813. The summed E-state index contributed by atoms with van der Waals surface area (Å²) >= 11 is 0. The van der Waals surface area contributed by atoms with E-state index in [2.05, 4.69) is 0 Å². The van der Waals surface area contributed by atoms with Crippen LogP contribution < -0.4 is 11.5 Å². The molecule has 0 saturated carbocycles. The lowest BCUT2D eigenvalue weighted by Gasteiger charge is -2.20. The van der Waals surface area contributed by atoms with Crippen molar-refractivity contribution in [1.29, 1.82) is 5.26 Å². The number of hydrogen-bond acceptors (Lipinski definition) is 4. The Morgan fingerprint density at radius 1 is 1.62 bits per heavy atom. The average Bonchev–Trinajstić information content (AvgIpc) is 2.72. The van der Waals surface area contributed by atoms with Gasteiger partial charge in [-0.25, -0.2) is 0 Å². The molecule has 1 atom stereocenters. The molecule has 0 aromatic heterocycles. The fraction of sp³-hybridized carbons (Fsp3) is 0.500. The van der Waals surface area contributed by atoms with Crippen LogP contribution in [0.2, 0.25) is 0 Å². The fourth-order valence-electron chi connectivity index (χ4n) is 1.52. The van der Waals surface area contributed by atoms with E-state index in [4.69, 9.17) is 16.7 Å². The van der Waals surface area contributed by atoms with Crippen LogP contribution in [0.15, 0.2) is 11.8 Å². The monoisotopic (exact) mass is 222 g/mol. The second-order valence-electron chi connectivity index (χ2n) is 3.59. The SMILES string of the molecule is N#CC1=CCCN1C(=O)[C@@H](N)CCC(N)=O. The van der Waals surface area contributed by atoms with Gasteiger partial charge in [0.25, 0.3) is 0 Å². The van der Waals surface area contributed by atoms with Crippen LogP contribution in [-0.2, 0) is 9.59 Å². The highest BCUT2D eigenvalue weighted by Crippen LogP contribution is 2.15. The number of rotatable bonds is 4. The van der Waals surface area contributed by atoms with Crippen molar-refractivity contribution in [2.24, 2.45) is 11.5 Å². The summed E-state index contributed by atoms with van der Waals surface area (Å²) < 4.78 is 0. The Hall–Kier alpha value is -1.87. The van der Waals surface area contributed by atoms with E-state index in [1.165, 1.54) is 4.90 Å². The topological polar surface area (TPSA) is 113 Å². The van der Waals surface area contributed by atoms with E-state index in [-0.39, 0.29) is 18.7 Å². The molecule has 4 N–H and O–H groups in total. The lowest BCUT2D eigenvalue weighted by atomic mass is 10.1. The minimum Gasteiger partial charge on any atom is -0.370 e. The molecular weight excluding hydrogens is 208 g/mol. The molecule has 86 valence electrons. The first-order chi connectivity index (χ1) is 7.56. The van der Waals surface area contributed by atoms with E-state index in [1.54, 1.807) is 6.08 Å². The Kier molecular flexibility index (Phi) is 4.03. The molecule has 16 heavy (non-hydrogen) atoms. The molecule has 0 spiro atoms. The highest BCUT2D eigenvalue weighted by molar-refractivity contribution is 5.85. The molecule has 0 fully saturated rings. The molecule has 6 nitrogen and oxygen atoms in total. The second-order valence-corrected chi connectivity index (χ2v) is 3.59. The first kappa shape index (κ1) is 12.2. The molecule has 6 heteroatoms. The van der Waals surface area contributed by atoms with Gasteiger partial charge in [-0.05, 0) is 18.9 Å². The molecule has 1 rings (SSSR count). The Morgan fingerprint density at radius 2 is 2.31 bits per heavy atom. The van der Waals surface area contributed by atoms with Gasteiger partial charge in [0.2, 0.25) is 11.8 Å². The molecule has 0 aliphatic carbocycles. The van der Waals surface area contributed by atoms with E-state index in [0.717, 1.165) is 0 Å². The zero-order valence-electron chi connectivity index (χ0n) is 8.85. The number of nitriles is 1. The van der Waals surface area contributed by atoms with Crippen molar-refractivity contribution in [3.63, 3.8) is 0 Å². The summed E-state index contributed by atoms with van der Waals surface area (Å²) in [6.45, 7) is 0.478. The summed E-state index contributed by atoms with van der Waals surface area (Å²) in [6.07, 6.45) is 2.64. The standard InChI is InChI=1S/C10H14N4O2/c11-6-7-2-1-5-14(7)10(16)8(12)3-4-9(13)15/h2,8H,1,3-5,12H2,(H2,13,15)/t8-/m0/s1. The van der Waals surface area contributed by atoms with Crippen molar-refractivity contribution in [2.75, 3.05) is 6.54 Å². The van der Waals surface area contributed by atoms with E-state index in [0.29, 0.717) is 18.7 Å². The maximum Gasteiger partial charge on any atom is 0.244 e. The van der Waals surface area contributed by atoms with Crippen molar-refractivity contribution in [2.45, 2.75) is 25.3 Å². The van der Waals surface area contributed by atoms with Crippen LogP contribution in [0.25, 0.3) is 0 Å². The van der Waals surface area contributed by atoms with Crippen LogP contribution in [-0.4, -0.2) is 29.3 Å². The zero-order chi connectivity index (χ0) is 12.1. The van der Waals surface area contributed by atoms with Crippen LogP contribution in [0, 0.1) is 11.3 Å². The van der Waals surface area contributed by atoms with E-state index >= 15 is 0 Å². The van der Waals surface area contributed by atoms with Crippen molar-refractivity contribution in [3.05, 3.63) is 11.8 Å². The third-order valence-corrected chi connectivity index (χ3v) is 2.38. The number of carbonyl (C=O) groups is 2. The largest absolute Gasteiger partial charge is 0.370 e. The van der Waals surface area contributed by atoms with Gasteiger partial charge >= 0.3 is 0 Å². The van der Waals surface area contributed by atoms with Crippen LogP contribution >= 0.6 is 0 Å². The molecule has 1 heterocycles. The minimum absolute atomic E-state index is 0.0757. The Balaban J connectivity index is 2.55. The maximum atomic E-state index is 11.8. The molecular formula is C10H14N4O2. The summed E-state index contributed by atoms with van der Waals surface area (Å²) in [5, 5.41) is 8.76. The summed E-state index contributed by atoms with van der Waals surface area (Å²) in [4.78, 5) is 23.7. The predicted molar refractivity (Wildman–Crippen MR) is 56.4 cm³/mol. The zero-order valence-corrected chi connectivity index (χ0v) is 8.85. The van der Waals surface area contributed by atoms with Crippen molar-refractivity contribution in [3.8, 4) is 6.07 Å². The summed E-state index contributed by atoms with van der Waals surface area (Å²) in [6, 6.07) is 1.16. The summed E-state index contributed by atoms with van der Waals surface area (Å²) in [7, 11) is 0. The minimum atomic E-state index is -0.776. The number of carbonyl (C=O) groups excluding carboxylic acids is 2. The van der Waals surface area contributed by atoms with E-state index < -0.39 is 11.9 Å². The molecule has 1 aliphatic rings. The first-order valence-corrected chi connectivity index (χ1v) is 5.01. The van der Waals surface area contributed by atoms with Crippen molar-refractivity contribution >= 4 is 11.8 Å². The van der Waals surface area contributed by atoms with Crippen molar-refractivity contribution in [1.82, 2.24) is 4.90 Å². The Morgan fingerprint density at radius 3 is 2.88 bits per heavy atom. The average molecular weight is 222 g/mol. The molecule has 1 aliphatic heterocycles. The second kappa shape index (κ2) is 5.28. The van der Waals surface area contributed by atoms with E-state index in [9.17, 15) is 9.59 Å². The fourth-order valence-corrected chi connectivity index (χ4v) is 1.52. The first-order valence-electron chi connectivity index (χ1n) is 5.01. The van der Waals surface area contributed by atoms with Crippen LogP contribution in [0.3, 0.4) is 0 Å². The van der Waals surface area contributed by atoms with Crippen LogP contribution in [0.5, 0.6) is 0 Å².